The molecule has 1 heterocycles. The van der Waals surface area contributed by atoms with Crippen LogP contribution in [0.5, 0.6) is 0 Å². The van der Waals surface area contributed by atoms with Crippen molar-refractivity contribution >= 4 is 29.1 Å². The number of carbonyl (C=O) groups is 3. The van der Waals surface area contributed by atoms with Crippen LogP contribution in [0, 0.1) is 5.92 Å². The van der Waals surface area contributed by atoms with E-state index in [9.17, 15) is 27.6 Å². The van der Waals surface area contributed by atoms with Crippen molar-refractivity contribution in [3.8, 4) is 0 Å². The molecular formula is C24H24F3N3O3. The second kappa shape index (κ2) is 9.25. The second-order valence-corrected chi connectivity index (χ2v) is 8.44. The Hall–Kier alpha value is -3.36. The van der Waals surface area contributed by atoms with Gasteiger partial charge in [-0.15, -0.1) is 0 Å². The van der Waals surface area contributed by atoms with Crippen LogP contribution in [0.1, 0.15) is 48.0 Å². The van der Waals surface area contributed by atoms with E-state index in [0.717, 1.165) is 37.8 Å². The zero-order valence-corrected chi connectivity index (χ0v) is 17.8. The minimum atomic E-state index is -4.53. The maximum atomic E-state index is 13.0. The molecule has 2 aromatic rings. The number of hydrogen-bond acceptors (Lipinski definition) is 3. The molecule has 1 saturated heterocycles. The highest BCUT2D eigenvalue weighted by atomic mass is 19.4. The number of alkyl halides is 3. The molecule has 3 amide bonds. The number of carbonyl (C=O) groups excluding carboxylic acids is 3. The first-order valence-electron chi connectivity index (χ1n) is 10.9. The monoisotopic (exact) mass is 459 g/mol. The lowest BCUT2D eigenvalue weighted by atomic mass is 10.1. The van der Waals surface area contributed by atoms with Crippen LogP contribution in [-0.2, 0) is 15.8 Å². The van der Waals surface area contributed by atoms with Crippen LogP contribution < -0.4 is 15.5 Å². The van der Waals surface area contributed by atoms with Gasteiger partial charge in [0.2, 0.25) is 11.8 Å². The topological polar surface area (TPSA) is 78.5 Å². The molecule has 1 saturated carbocycles. The summed E-state index contributed by atoms with van der Waals surface area (Å²) in [6.07, 6.45) is -0.661. The van der Waals surface area contributed by atoms with E-state index < -0.39 is 29.5 Å². The Labute approximate surface area is 189 Å². The van der Waals surface area contributed by atoms with E-state index in [1.165, 1.54) is 17.0 Å². The molecule has 0 bridgehead atoms. The fraction of sp³-hybridized carbons (Fsp3) is 0.375. The quantitative estimate of drug-likeness (QED) is 0.697. The number of nitrogens with zero attached hydrogens (tertiary/aromatic N) is 1. The largest absolute Gasteiger partial charge is 0.416 e. The first-order chi connectivity index (χ1) is 15.7. The third kappa shape index (κ3) is 5.18. The molecule has 4 rings (SSSR count). The van der Waals surface area contributed by atoms with Gasteiger partial charge in [0.15, 0.2) is 0 Å². The van der Waals surface area contributed by atoms with E-state index in [1.807, 2.05) is 0 Å². The lowest BCUT2D eigenvalue weighted by Crippen LogP contribution is -2.34. The van der Waals surface area contributed by atoms with Gasteiger partial charge in [-0.25, -0.2) is 0 Å². The van der Waals surface area contributed by atoms with Crippen LogP contribution in [0.4, 0.5) is 24.5 Å². The fourth-order valence-electron chi connectivity index (χ4n) is 4.34. The van der Waals surface area contributed by atoms with E-state index in [4.69, 9.17) is 0 Å². The average Bonchev–Trinajstić information content (AvgIpc) is 3.43. The molecule has 2 N–H and O–H groups in total. The van der Waals surface area contributed by atoms with Gasteiger partial charge in [-0.2, -0.15) is 13.2 Å². The molecule has 1 aliphatic carbocycles. The van der Waals surface area contributed by atoms with Gasteiger partial charge < -0.3 is 15.5 Å². The van der Waals surface area contributed by atoms with Crippen LogP contribution in [-0.4, -0.2) is 30.3 Å². The average molecular weight is 459 g/mol. The van der Waals surface area contributed by atoms with Crippen LogP contribution in [0.15, 0.2) is 48.5 Å². The van der Waals surface area contributed by atoms with Crippen LogP contribution in [0.2, 0.25) is 0 Å². The number of nitrogens with one attached hydrogen (secondary N) is 2. The minimum absolute atomic E-state index is 0.0393. The van der Waals surface area contributed by atoms with E-state index in [2.05, 4.69) is 10.6 Å². The molecule has 2 aliphatic rings. The summed E-state index contributed by atoms with van der Waals surface area (Å²) in [6.45, 7) is -0.0393. The molecule has 6 nitrogen and oxygen atoms in total. The first-order valence-corrected chi connectivity index (χ1v) is 10.9. The molecule has 0 unspecified atom stereocenters. The van der Waals surface area contributed by atoms with Crippen LogP contribution in [0.25, 0.3) is 0 Å². The first kappa shape index (κ1) is 22.8. The Bertz CT molecular complexity index is 1060. The van der Waals surface area contributed by atoms with E-state index in [-0.39, 0.29) is 30.6 Å². The number of benzene rings is 2. The standard InChI is InChI=1S/C24H24F3N3O3/c25-24(26,27)16-6-5-9-18(13-16)30-14-15(12-21(30)31)22(32)29-20-11-4-3-10-19(20)23(33)28-17-7-1-2-8-17/h3-6,9-11,13,15,17H,1-2,7-8,12,14H2,(H,28,33)(H,29,32)/t15-/m1/s1. The molecule has 1 aliphatic heterocycles. The van der Waals surface area contributed by atoms with Gasteiger partial charge in [0.25, 0.3) is 5.91 Å². The summed E-state index contributed by atoms with van der Waals surface area (Å²) in [5.74, 6) is -1.91. The van der Waals surface area contributed by atoms with Crippen molar-refractivity contribution in [1.29, 1.82) is 0 Å². The van der Waals surface area contributed by atoms with Crippen molar-refractivity contribution in [3.63, 3.8) is 0 Å². The Balaban J connectivity index is 1.45. The number of halogens is 3. The maximum Gasteiger partial charge on any atom is 0.416 e. The molecular weight excluding hydrogens is 435 g/mol. The molecule has 0 radical (unpaired) electrons. The lowest BCUT2D eigenvalue weighted by molar-refractivity contribution is -0.137. The van der Waals surface area contributed by atoms with Crippen molar-refractivity contribution in [2.75, 3.05) is 16.8 Å². The number of anilines is 2. The highest BCUT2D eigenvalue weighted by Gasteiger charge is 2.37. The summed E-state index contributed by atoms with van der Waals surface area (Å²) < 4.78 is 39.1. The van der Waals surface area contributed by atoms with E-state index in [1.54, 1.807) is 24.3 Å². The Morgan fingerprint density at radius 1 is 1.00 bits per heavy atom. The van der Waals surface area contributed by atoms with Crippen molar-refractivity contribution < 1.29 is 27.6 Å². The predicted molar refractivity (Wildman–Crippen MR) is 117 cm³/mol. The Kier molecular flexibility index (Phi) is 6.40. The fourth-order valence-corrected chi connectivity index (χ4v) is 4.34. The summed E-state index contributed by atoms with van der Waals surface area (Å²) >= 11 is 0. The van der Waals surface area contributed by atoms with Crippen molar-refractivity contribution in [2.24, 2.45) is 5.92 Å². The van der Waals surface area contributed by atoms with E-state index in [0.29, 0.717) is 11.3 Å². The molecule has 33 heavy (non-hydrogen) atoms. The molecule has 2 fully saturated rings. The second-order valence-electron chi connectivity index (χ2n) is 8.44. The summed E-state index contributed by atoms with van der Waals surface area (Å²) in [4.78, 5) is 39.3. The molecule has 9 heteroatoms. The van der Waals surface area contributed by atoms with Gasteiger partial charge in [-0.3, -0.25) is 14.4 Å². The summed E-state index contributed by atoms with van der Waals surface area (Å²) in [7, 11) is 0. The van der Waals surface area contributed by atoms with E-state index >= 15 is 0 Å². The SMILES string of the molecule is O=C(NC1CCCC1)c1ccccc1NC(=O)[C@@H]1CC(=O)N(c2cccc(C(F)(F)F)c2)C1. The normalized spacial score (nSPS) is 19.1. The van der Waals surface area contributed by atoms with Gasteiger partial charge in [-0.1, -0.05) is 31.0 Å². The van der Waals surface area contributed by atoms with Crippen molar-refractivity contribution in [2.45, 2.75) is 44.3 Å². The number of hydrogen-bond donors (Lipinski definition) is 2. The predicted octanol–water partition coefficient (Wildman–Crippen LogP) is 4.37. The number of amides is 3. The van der Waals surface area contributed by atoms with Crippen molar-refractivity contribution in [3.05, 3.63) is 59.7 Å². The Morgan fingerprint density at radius 2 is 1.73 bits per heavy atom. The third-order valence-corrected chi connectivity index (χ3v) is 6.10. The highest BCUT2D eigenvalue weighted by Crippen LogP contribution is 2.33. The highest BCUT2D eigenvalue weighted by molar-refractivity contribution is 6.07. The van der Waals surface area contributed by atoms with Gasteiger partial charge >= 0.3 is 6.18 Å². The third-order valence-electron chi connectivity index (χ3n) is 6.10. The summed E-state index contributed by atoms with van der Waals surface area (Å²) in [5.41, 5.74) is -0.0934. The smallest absolute Gasteiger partial charge is 0.349 e. The van der Waals surface area contributed by atoms with Crippen LogP contribution >= 0.6 is 0 Å². The molecule has 2 aromatic carbocycles. The summed E-state index contributed by atoms with van der Waals surface area (Å²) in [6, 6.07) is 11.2. The molecule has 0 spiro atoms. The zero-order chi connectivity index (χ0) is 23.6. The van der Waals surface area contributed by atoms with Crippen molar-refractivity contribution in [1.82, 2.24) is 5.32 Å². The van der Waals surface area contributed by atoms with Gasteiger partial charge in [0, 0.05) is 24.7 Å². The van der Waals surface area contributed by atoms with Gasteiger partial charge in [-0.05, 0) is 43.2 Å². The summed E-state index contributed by atoms with van der Waals surface area (Å²) in [5, 5.41) is 5.71. The van der Waals surface area contributed by atoms with Gasteiger partial charge in [0.1, 0.15) is 0 Å². The number of rotatable bonds is 5. The molecule has 1 atom stereocenters. The number of para-hydroxylation sites is 1. The molecule has 174 valence electrons. The maximum absolute atomic E-state index is 13.0. The van der Waals surface area contributed by atoms with Gasteiger partial charge in [0.05, 0.1) is 22.7 Å². The van der Waals surface area contributed by atoms with Crippen LogP contribution in [0.3, 0.4) is 0 Å². The minimum Gasteiger partial charge on any atom is -0.349 e. The zero-order valence-electron chi connectivity index (χ0n) is 17.8. The lowest BCUT2D eigenvalue weighted by Gasteiger charge is -2.19. The Morgan fingerprint density at radius 3 is 2.45 bits per heavy atom. The molecule has 0 aromatic heterocycles.